The summed E-state index contributed by atoms with van der Waals surface area (Å²) in [7, 11) is -3.47. The van der Waals surface area contributed by atoms with Crippen molar-refractivity contribution in [2.75, 3.05) is 24.5 Å². The van der Waals surface area contributed by atoms with Crippen LogP contribution >= 0.6 is 0 Å². The van der Waals surface area contributed by atoms with Gasteiger partial charge in [-0.1, -0.05) is 13.8 Å². The zero-order valence-electron chi connectivity index (χ0n) is 14.7. The van der Waals surface area contributed by atoms with Gasteiger partial charge in [-0.25, -0.2) is 8.42 Å². The van der Waals surface area contributed by atoms with Crippen molar-refractivity contribution in [3.8, 4) is 0 Å². The first-order chi connectivity index (χ1) is 11.3. The fourth-order valence-corrected chi connectivity index (χ4v) is 4.51. The monoisotopic (exact) mass is 353 g/mol. The van der Waals surface area contributed by atoms with E-state index in [-0.39, 0.29) is 11.9 Å². The van der Waals surface area contributed by atoms with Gasteiger partial charge in [-0.15, -0.1) is 0 Å². The standard InChI is InChI=1S/C17H27N3O3S/c1-4-19(5-2)24(22,23)15-7-8-16-14(12-15)10-11-20(16)17(21)9-6-13(3)18/h7-8,12-13H,4-6,9-11,18H2,1-3H3. The summed E-state index contributed by atoms with van der Waals surface area (Å²) in [5.41, 5.74) is 7.45. The minimum Gasteiger partial charge on any atom is -0.328 e. The van der Waals surface area contributed by atoms with Crippen molar-refractivity contribution in [3.05, 3.63) is 23.8 Å². The van der Waals surface area contributed by atoms with Crippen molar-refractivity contribution in [1.82, 2.24) is 4.31 Å². The van der Waals surface area contributed by atoms with Gasteiger partial charge < -0.3 is 10.6 Å². The van der Waals surface area contributed by atoms with Gasteiger partial charge in [-0.2, -0.15) is 4.31 Å². The molecule has 1 unspecified atom stereocenters. The minimum absolute atomic E-state index is 0.00221. The van der Waals surface area contributed by atoms with Gasteiger partial charge in [0.05, 0.1) is 4.90 Å². The van der Waals surface area contributed by atoms with Gasteiger partial charge in [0, 0.05) is 37.8 Å². The summed E-state index contributed by atoms with van der Waals surface area (Å²) in [6.07, 6.45) is 1.75. The Labute approximate surface area is 144 Å². The third kappa shape index (κ3) is 3.79. The van der Waals surface area contributed by atoms with Crippen LogP contribution in [0.15, 0.2) is 23.1 Å². The lowest BCUT2D eigenvalue weighted by molar-refractivity contribution is -0.118. The zero-order valence-corrected chi connectivity index (χ0v) is 15.5. The summed E-state index contributed by atoms with van der Waals surface area (Å²) in [5, 5.41) is 0. The summed E-state index contributed by atoms with van der Waals surface area (Å²) in [6, 6.07) is 5.06. The summed E-state index contributed by atoms with van der Waals surface area (Å²) >= 11 is 0. The average Bonchev–Trinajstić information content (AvgIpc) is 2.96. The lowest BCUT2D eigenvalue weighted by Crippen LogP contribution is -2.31. The number of amides is 1. The smallest absolute Gasteiger partial charge is 0.243 e. The third-order valence-electron chi connectivity index (χ3n) is 4.40. The number of hydrogen-bond donors (Lipinski definition) is 1. The number of carbonyl (C=O) groups is 1. The molecule has 1 aliphatic rings. The normalized spacial score (nSPS) is 15.6. The maximum absolute atomic E-state index is 12.6. The molecule has 1 aromatic carbocycles. The summed E-state index contributed by atoms with van der Waals surface area (Å²) < 4.78 is 26.7. The molecule has 1 amide bonds. The first-order valence-electron chi connectivity index (χ1n) is 8.50. The zero-order chi connectivity index (χ0) is 17.9. The van der Waals surface area contributed by atoms with Crippen molar-refractivity contribution in [1.29, 1.82) is 0 Å². The topological polar surface area (TPSA) is 83.7 Å². The first-order valence-corrected chi connectivity index (χ1v) is 9.94. The molecule has 7 heteroatoms. The minimum atomic E-state index is -3.47. The van der Waals surface area contributed by atoms with E-state index in [4.69, 9.17) is 5.73 Å². The molecule has 0 spiro atoms. The quantitative estimate of drug-likeness (QED) is 0.809. The van der Waals surface area contributed by atoms with E-state index in [9.17, 15) is 13.2 Å². The second-order valence-electron chi connectivity index (χ2n) is 6.19. The van der Waals surface area contributed by atoms with Crippen LogP contribution in [0.2, 0.25) is 0 Å². The second-order valence-corrected chi connectivity index (χ2v) is 8.13. The van der Waals surface area contributed by atoms with Crippen molar-refractivity contribution in [3.63, 3.8) is 0 Å². The molecule has 0 aliphatic carbocycles. The molecule has 0 radical (unpaired) electrons. The molecule has 1 aliphatic heterocycles. The summed E-state index contributed by atoms with van der Waals surface area (Å²) in [6.45, 7) is 7.02. The van der Waals surface area contributed by atoms with Crippen LogP contribution in [0.3, 0.4) is 0 Å². The largest absolute Gasteiger partial charge is 0.328 e. The van der Waals surface area contributed by atoms with E-state index in [1.807, 2.05) is 20.8 Å². The van der Waals surface area contributed by atoms with Gasteiger partial charge in [-0.05, 0) is 43.5 Å². The average molecular weight is 353 g/mol. The lowest BCUT2D eigenvalue weighted by Gasteiger charge is -2.20. The van der Waals surface area contributed by atoms with Crippen LogP contribution in [-0.2, 0) is 21.2 Å². The van der Waals surface area contributed by atoms with E-state index in [0.29, 0.717) is 43.8 Å². The Hall–Kier alpha value is -1.44. The maximum atomic E-state index is 12.6. The number of rotatable bonds is 7. The van der Waals surface area contributed by atoms with Crippen molar-refractivity contribution in [2.24, 2.45) is 5.73 Å². The van der Waals surface area contributed by atoms with Crippen LogP contribution in [0.4, 0.5) is 5.69 Å². The Bertz CT molecular complexity index is 697. The fraction of sp³-hybridized carbons (Fsp3) is 0.588. The van der Waals surface area contributed by atoms with Gasteiger partial charge in [0.15, 0.2) is 0 Å². The highest BCUT2D eigenvalue weighted by Crippen LogP contribution is 2.31. The molecule has 0 fully saturated rings. The SMILES string of the molecule is CCN(CC)S(=O)(=O)c1ccc2c(c1)CCN2C(=O)CCC(C)N. The molecule has 24 heavy (non-hydrogen) atoms. The van der Waals surface area contributed by atoms with E-state index in [2.05, 4.69) is 0 Å². The number of hydrogen-bond acceptors (Lipinski definition) is 4. The Morgan fingerprint density at radius 2 is 2.00 bits per heavy atom. The van der Waals surface area contributed by atoms with Crippen molar-refractivity contribution in [2.45, 2.75) is 51.0 Å². The lowest BCUT2D eigenvalue weighted by atomic mass is 10.1. The summed E-state index contributed by atoms with van der Waals surface area (Å²) in [4.78, 5) is 14.4. The highest BCUT2D eigenvalue weighted by Gasteiger charge is 2.28. The molecule has 1 atom stereocenters. The molecule has 0 saturated carbocycles. The molecule has 6 nitrogen and oxygen atoms in total. The van der Waals surface area contributed by atoms with Gasteiger partial charge in [0.1, 0.15) is 0 Å². The predicted molar refractivity (Wildman–Crippen MR) is 95.5 cm³/mol. The van der Waals surface area contributed by atoms with E-state index < -0.39 is 10.0 Å². The van der Waals surface area contributed by atoms with E-state index in [0.717, 1.165) is 11.3 Å². The molecular weight excluding hydrogens is 326 g/mol. The highest BCUT2D eigenvalue weighted by atomic mass is 32.2. The number of nitrogens with two attached hydrogens (primary N) is 1. The van der Waals surface area contributed by atoms with Crippen LogP contribution in [0.25, 0.3) is 0 Å². The van der Waals surface area contributed by atoms with Gasteiger partial charge in [0.25, 0.3) is 0 Å². The molecule has 134 valence electrons. The molecule has 0 bridgehead atoms. The van der Waals surface area contributed by atoms with Gasteiger partial charge in [0.2, 0.25) is 15.9 Å². The van der Waals surface area contributed by atoms with Crippen LogP contribution in [0.1, 0.15) is 39.2 Å². The Balaban J connectivity index is 2.23. The highest BCUT2D eigenvalue weighted by molar-refractivity contribution is 7.89. The number of sulfonamides is 1. The maximum Gasteiger partial charge on any atom is 0.243 e. The Kier molecular flexibility index (Phi) is 6.01. The van der Waals surface area contributed by atoms with Gasteiger partial charge in [-0.3, -0.25) is 4.79 Å². The number of fused-ring (bicyclic) bond motifs is 1. The second kappa shape index (κ2) is 7.63. The molecule has 1 aromatic rings. The van der Waals surface area contributed by atoms with Crippen molar-refractivity contribution >= 4 is 21.6 Å². The molecule has 2 rings (SSSR count). The predicted octanol–water partition coefficient (Wildman–Crippen LogP) is 1.73. The van der Waals surface area contributed by atoms with Crippen LogP contribution in [0.5, 0.6) is 0 Å². The van der Waals surface area contributed by atoms with Crippen molar-refractivity contribution < 1.29 is 13.2 Å². The van der Waals surface area contributed by atoms with Crippen LogP contribution in [0, 0.1) is 0 Å². The third-order valence-corrected chi connectivity index (χ3v) is 6.45. The van der Waals surface area contributed by atoms with Gasteiger partial charge >= 0.3 is 0 Å². The van der Waals surface area contributed by atoms with Crippen LogP contribution < -0.4 is 10.6 Å². The van der Waals surface area contributed by atoms with E-state index >= 15 is 0 Å². The number of carbonyl (C=O) groups excluding carboxylic acids is 1. The fourth-order valence-electron chi connectivity index (χ4n) is 3.00. The van der Waals surface area contributed by atoms with Crippen LogP contribution in [-0.4, -0.2) is 44.3 Å². The number of anilines is 1. The van der Waals surface area contributed by atoms with E-state index in [1.165, 1.54) is 4.31 Å². The first kappa shape index (κ1) is 18.9. The number of benzene rings is 1. The number of nitrogens with zero attached hydrogens (tertiary/aromatic N) is 2. The summed E-state index contributed by atoms with van der Waals surface area (Å²) in [5.74, 6) is 0.0467. The molecule has 0 aromatic heterocycles. The molecule has 1 heterocycles. The molecular formula is C17H27N3O3S. The molecule has 0 saturated heterocycles. The Morgan fingerprint density at radius 1 is 1.33 bits per heavy atom. The Morgan fingerprint density at radius 3 is 2.58 bits per heavy atom. The van der Waals surface area contributed by atoms with E-state index in [1.54, 1.807) is 23.1 Å². The molecule has 2 N–H and O–H groups in total.